The Kier molecular flexibility index (Phi) is 5.58. The van der Waals surface area contributed by atoms with Crippen molar-refractivity contribution >= 4 is 21.8 Å². The molecule has 1 aromatic heterocycles. The molecule has 1 atom stereocenters. The zero-order valence-electron chi connectivity index (χ0n) is 13.6. The summed E-state index contributed by atoms with van der Waals surface area (Å²) in [7, 11) is 1.68. The number of carbonyl (C=O) groups excluding carboxylic acids is 1. The molecule has 0 aliphatic carbocycles. The third kappa shape index (κ3) is 3.82. The second-order valence-electron chi connectivity index (χ2n) is 5.85. The van der Waals surface area contributed by atoms with Crippen LogP contribution in [0, 0.1) is 0 Å². The SMILES string of the molecule is COc1ccccc1C(CNC(=O)c1coc(Br)c1)N1CCCC1. The maximum absolute atomic E-state index is 12.3. The maximum atomic E-state index is 12.3. The van der Waals surface area contributed by atoms with Crippen LogP contribution in [-0.4, -0.2) is 37.6 Å². The van der Waals surface area contributed by atoms with E-state index in [2.05, 4.69) is 32.2 Å². The first kappa shape index (κ1) is 17.0. The van der Waals surface area contributed by atoms with Crippen molar-refractivity contribution in [3.63, 3.8) is 0 Å². The molecule has 5 nitrogen and oxygen atoms in total. The van der Waals surface area contributed by atoms with E-state index in [-0.39, 0.29) is 11.9 Å². The minimum atomic E-state index is -0.136. The number of carbonyl (C=O) groups is 1. The molecule has 1 aromatic carbocycles. The molecular weight excluding hydrogens is 372 g/mol. The number of hydrogen-bond donors (Lipinski definition) is 1. The Hall–Kier alpha value is -1.79. The van der Waals surface area contributed by atoms with Crippen molar-refractivity contribution < 1.29 is 13.9 Å². The molecule has 1 N–H and O–H groups in total. The topological polar surface area (TPSA) is 54.7 Å². The van der Waals surface area contributed by atoms with E-state index < -0.39 is 0 Å². The van der Waals surface area contributed by atoms with Gasteiger partial charge in [-0.05, 0) is 47.9 Å². The number of furan rings is 1. The highest BCUT2D eigenvalue weighted by Gasteiger charge is 2.26. The lowest BCUT2D eigenvalue weighted by Gasteiger charge is -2.29. The van der Waals surface area contributed by atoms with Gasteiger partial charge in [0.2, 0.25) is 0 Å². The minimum absolute atomic E-state index is 0.0999. The molecule has 3 rings (SSSR count). The number of ether oxygens (including phenoxy) is 1. The van der Waals surface area contributed by atoms with Crippen molar-refractivity contribution in [1.29, 1.82) is 0 Å². The van der Waals surface area contributed by atoms with Gasteiger partial charge in [0, 0.05) is 18.2 Å². The smallest absolute Gasteiger partial charge is 0.254 e. The van der Waals surface area contributed by atoms with Gasteiger partial charge in [-0.1, -0.05) is 18.2 Å². The first-order valence-corrected chi connectivity index (χ1v) is 8.87. The van der Waals surface area contributed by atoms with Crippen LogP contribution in [0.4, 0.5) is 0 Å². The van der Waals surface area contributed by atoms with Gasteiger partial charge in [-0.2, -0.15) is 0 Å². The summed E-state index contributed by atoms with van der Waals surface area (Å²) in [6.07, 6.45) is 3.83. The third-order valence-electron chi connectivity index (χ3n) is 4.36. The average molecular weight is 393 g/mol. The van der Waals surface area contributed by atoms with E-state index in [1.807, 2.05) is 18.2 Å². The Bertz CT molecular complexity index is 695. The van der Waals surface area contributed by atoms with Crippen molar-refractivity contribution in [2.45, 2.75) is 18.9 Å². The van der Waals surface area contributed by atoms with Gasteiger partial charge in [-0.25, -0.2) is 0 Å². The fourth-order valence-corrected chi connectivity index (χ4v) is 3.49. The molecule has 0 radical (unpaired) electrons. The first-order chi connectivity index (χ1) is 11.7. The van der Waals surface area contributed by atoms with Crippen molar-refractivity contribution in [3.05, 3.63) is 52.4 Å². The van der Waals surface area contributed by atoms with Crippen molar-refractivity contribution in [1.82, 2.24) is 10.2 Å². The molecule has 6 heteroatoms. The molecule has 128 valence electrons. The van der Waals surface area contributed by atoms with Crippen LogP contribution in [-0.2, 0) is 0 Å². The monoisotopic (exact) mass is 392 g/mol. The number of hydrogen-bond acceptors (Lipinski definition) is 4. The largest absolute Gasteiger partial charge is 0.496 e. The van der Waals surface area contributed by atoms with E-state index in [0.717, 1.165) is 24.4 Å². The summed E-state index contributed by atoms with van der Waals surface area (Å²) in [5.74, 6) is 0.721. The summed E-state index contributed by atoms with van der Waals surface area (Å²) in [4.78, 5) is 14.7. The van der Waals surface area contributed by atoms with Crippen molar-refractivity contribution in [3.8, 4) is 5.75 Å². The van der Waals surface area contributed by atoms with Gasteiger partial charge in [-0.3, -0.25) is 9.69 Å². The molecule has 1 aliphatic rings. The van der Waals surface area contributed by atoms with Gasteiger partial charge in [0.15, 0.2) is 4.67 Å². The Morgan fingerprint density at radius 3 is 2.79 bits per heavy atom. The summed E-state index contributed by atoms with van der Waals surface area (Å²) in [5, 5.41) is 3.02. The molecule has 24 heavy (non-hydrogen) atoms. The highest BCUT2D eigenvalue weighted by atomic mass is 79.9. The zero-order chi connectivity index (χ0) is 16.9. The minimum Gasteiger partial charge on any atom is -0.496 e. The molecular formula is C18H21BrN2O3. The first-order valence-electron chi connectivity index (χ1n) is 8.08. The zero-order valence-corrected chi connectivity index (χ0v) is 15.2. The lowest BCUT2D eigenvalue weighted by Crippen LogP contribution is -2.36. The van der Waals surface area contributed by atoms with E-state index in [0.29, 0.717) is 16.8 Å². The Morgan fingerprint density at radius 1 is 1.38 bits per heavy atom. The van der Waals surface area contributed by atoms with Gasteiger partial charge < -0.3 is 14.5 Å². The standard InChI is InChI=1S/C18H21BrN2O3/c1-23-16-7-3-2-6-14(16)15(21-8-4-5-9-21)11-20-18(22)13-10-17(19)24-12-13/h2-3,6-7,10,12,15H,4-5,8-9,11H2,1H3,(H,20,22). The lowest BCUT2D eigenvalue weighted by molar-refractivity contribution is 0.0936. The predicted octanol–water partition coefficient (Wildman–Crippen LogP) is 3.62. The second kappa shape index (κ2) is 7.85. The van der Waals surface area contributed by atoms with Crippen molar-refractivity contribution in [2.24, 2.45) is 0 Å². The molecule has 2 aromatic rings. The van der Waals surface area contributed by atoms with Crippen molar-refractivity contribution in [2.75, 3.05) is 26.7 Å². The molecule has 1 unspecified atom stereocenters. The van der Waals surface area contributed by atoms with E-state index in [1.165, 1.54) is 19.1 Å². The Balaban J connectivity index is 1.76. The molecule has 0 spiro atoms. The van der Waals surface area contributed by atoms with Gasteiger partial charge in [0.1, 0.15) is 12.0 Å². The summed E-state index contributed by atoms with van der Waals surface area (Å²) in [6, 6.07) is 9.78. The van der Waals surface area contributed by atoms with Crippen LogP contribution in [0.25, 0.3) is 0 Å². The fraction of sp³-hybridized carbons (Fsp3) is 0.389. The number of methoxy groups -OCH3 is 1. The van der Waals surface area contributed by atoms with Crippen LogP contribution in [0.2, 0.25) is 0 Å². The Morgan fingerprint density at radius 2 is 2.12 bits per heavy atom. The van der Waals surface area contributed by atoms with Crippen LogP contribution in [0.5, 0.6) is 5.75 Å². The number of para-hydroxylation sites is 1. The van der Waals surface area contributed by atoms with Gasteiger partial charge in [0.25, 0.3) is 5.91 Å². The number of benzene rings is 1. The number of amides is 1. The quantitative estimate of drug-likeness (QED) is 0.815. The average Bonchev–Trinajstić information content (AvgIpc) is 3.27. The van der Waals surface area contributed by atoms with Gasteiger partial charge >= 0.3 is 0 Å². The summed E-state index contributed by atoms with van der Waals surface area (Å²) < 4.78 is 11.2. The normalized spacial score (nSPS) is 16.1. The molecule has 0 bridgehead atoms. The van der Waals surface area contributed by atoms with Crippen LogP contribution in [0.15, 0.2) is 45.7 Å². The van der Waals surface area contributed by atoms with Crippen LogP contribution in [0.1, 0.15) is 34.8 Å². The number of nitrogens with zero attached hydrogens (tertiary/aromatic N) is 1. The van der Waals surface area contributed by atoms with E-state index in [1.54, 1.807) is 13.2 Å². The van der Waals surface area contributed by atoms with Crippen LogP contribution >= 0.6 is 15.9 Å². The highest BCUT2D eigenvalue weighted by molar-refractivity contribution is 9.10. The number of nitrogens with one attached hydrogen (secondary N) is 1. The highest BCUT2D eigenvalue weighted by Crippen LogP contribution is 2.31. The van der Waals surface area contributed by atoms with E-state index in [9.17, 15) is 4.79 Å². The number of rotatable bonds is 6. The van der Waals surface area contributed by atoms with Gasteiger partial charge in [-0.15, -0.1) is 0 Å². The van der Waals surface area contributed by atoms with Crippen LogP contribution < -0.4 is 10.1 Å². The fourth-order valence-electron chi connectivity index (χ4n) is 3.15. The number of halogens is 1. The summed E-state index contributed by atoms with van der Waals surface area (Å²) >= 11 is 3.22. The number of likely N-dealkylation sites (tertiary alicyclic amines) is 1. The lowest BCUT2D eigenvalue weighted by atomic mass is 10.0. The predicted molar refractivity (Wildman–Crippen MR) is 95.3 cm³/mol. The second-order valence-corrected chi connectivity index (χ2v) is 6.63. The molecule has 1 aliphatic heterocycles. The third-order valence-corrected chi connectivity index (χ3v) is 4.78. The van der Waals surface area contributed by atoms with E-state index in [4.69, 9.17) is 9.15 Å². The molecule has 2 heterocycles. The van der Waals surface area contributed by atoms with Gasteiger partial charge in [0.05, 0.1) is 18.7 Å². The summed E-state index contributed by atoms with van der Waals surface area (Å²) in [6.45, 7) is 2.60. The Labute approximate surface area is 150 Å². The molecule has 0 saturated carbocycles. The van der Waals surface area contributed by atoms with Crippen LogP contribution in [0.3, 0.4) is 0 Å². The maximum Gasteiger partial charge on any atom is 0.254 e. The van der Waals surface area contributed by atoms with E-state index >= 15 is 0 Å². The summed E-state index contributed by atoms with van der Waals surface area (Å²) in [5.41, 5.74) is 1.62. The molecule has 1 amide bonds. The molecule has 1 fully saturated rings. The molecule has 1 saturated heterocycles.